The van der Waals surface area contributed by atoms with Gasteiger partial charge in [-0.2, -0.15) is 0 Å². The number of carbonyl (C=O) groups excluding carboxylic acids is 1. The second-order valence-electron chi connectivity index (χ2n) is 7.82. The number of hydrogen-bond donors (Lipinski definition) is 1. The Hall–Kier alpha value is -2.70. The number of primary amides is 1. The maximum Gasteiger partial charge on any atom is 0.224 e. The fraction of sp³-hybridized carbons (Fsp3) is 0.474. The van der Waals surface area contributed by atoms with Gasteiger partial charge in [-0.1, -0.05) is 18.2 Å². The molecule has 7 heteroatoms. The van der Waals surface area contributed by atoms with Gasteiger partial charge in [0.15, 0.2) is 0 Å². The van der Waals surface area contributed by atoms with E-state index in [0.717, 1.165) is 35.8 Å². The van der Waals surface area contributed by atoms with Gasteiger partial charge in [-0.25, -0.2) is 9.67 Å². The van der Waals surface area contributed by atoms with Gasteiger partial charge in [-0.15, -0.1) is 5.10 Å². The summed E-state index contributed by atoms with van der Waals surface area (Å²) in [5.41, 5.74) is 9.25. The van der Waals surface area contributed by atoms with Gasteiger partial charge in [0.2, 0.25) is 5.91 Å². The summed E-state index contributed by atoms with van der Waals surface area (Å²) in [5, 5.41) is 8.50. The Bertz CT molecular complexity index is 995. The molecular formula is C19H22N6O. The molecule has 2 saturated carbocycles. The summed E-state index contributed by atoms with van der Waals surface area (Å²) in [6.45, 7) is 2.57. The Balaban J connectivity index is 1.36. The number of carbonyl (C=O) groups is 1. The zero-order valence-electron chi connectivity index (χ0n) is 14.8. The van der Waals surface area contributed by atoms with Crippen LogP contribution in [0.4, 0.5) is 0 Å². The fourth-order valence-electron chi connectivity index (χ4n) is 3.86. The van der Waals surface area contributed by atoms with Crippen molar-refractivity contribution >= 4 is 11.6 Å². The first kappa shape index (κ1) is 15.5. The van der Waals surface area contributed by atoms with Crippen LogP contribution < -0.4 is 5.73 Å². The van der Waals surface area contributed by atoms with Crippen molar-refractivity contribution in [2.45, 2.75) is 51.0 Å². The number of pyridine rings is 1. The first-order chi connectivity index (χ1) is 12.5. The molecule has 134 valence electrons. The molecule has 2 aliphatic carbocycles. The second kappa shape index (κ2) is 5.40. The van der Waals surface area contributed by atoms with Gasteiger partial charge >= 0.3 is 0 Å². The second-order valence-corrected chi connectivity index (χ2v) is 7.82. The summed E-state index contributed by atoms with van der Waals surface area (Å²) in [7, 11) is 0. The van der Waals surface area contributed by atoms with Crippen molar-refractivity contribution < 1.29 is 4.79 Å². The molecule has 5 rings (SSSR count). The molecule has 2 aliphatic rings. The molecule has 0 spiro atoms. The van der Waals surface area contributed by atoms with Gasteiger partial charge in [-0.05, 0) is 43.2 Å². The van der Waals surface area contributed by atoms with Crippen LogP contribution in [-0.4, -0.2) is 30.3 Å². The number of nitrogens with zero attached hydrogens (tertiary/aromatic N) is 5. The standard InChI is InChI=1S/C19H22N6O/c1-12(19(6-7-19)18(20)26)16-11-25(23-22-16)10-15-9-24-8-14(13-2-3-13)4-5-17(24)21-15/h4-5,8-9,11-13H,2-3,6-7,10H2,1H3,(H2,20,26)/t12-/m0/s1. The lowest BCUT2D eigenvalue weighted by Gasteiger charge is -2.17. The highest BCUT2D eigenvalue weighted by atomic mass is 16.1. The Kier molecular flexibility index (Phi) is 3.23. The number of hydrogen-bond acceptors (Lipinski definition) is 4. The van der Waals surface area contributed by atoms with Crippen molar-refractivity contribution in [1.82, 2.24) is 24.4 Å². The molecule has 7 nitrogen and oxygen atoms in total. The van der Waals surface area contributed by atoms with Crippen LogP contribution in [0, 0.1) is 5.41 Å². The molecule has 3 aromatic heterocycles. The highest BCUT2D eigenvalue weighted by molar-refractivity contribution is 5.84. The van der Waals surface area contributed by atoms with Gasteiger partial charge in [-0.3, -0.25) is 4.79 Å². The predicted molar refractivity (Wildman–Crippen MR) is 95.6 cm³/mol. The summed E-state index contributed by atoms with van der Waals surface area (Å²) in [6, 6.07) is 4.26. The molecule has 0 bridgehead atoms. The van der Waals surface area contributed by atoms with Crippen LogP contribution in [0.25, 0.3) is 5.65 Å². The molecule has 0 saturated heterocycles. The van der Waals surface area contributed by atoms with Crippen LogP contribution >= 0.6 is 0 Å². The lowest BCUT2D eigenvalue weighted by atomic mass is 9.88. The van der Waals surface area contributed by atoms with Gasteiger partial charge in [0.1, 0.15) is 5.65 Å². The van der Waals surface area contributed by atoms with E-state index < -0.39 is 5.41 Å². The number of nitrogens with two attached hydrogens (primary N) is 1. The van der Waals surface area contributed by atoms with E-state index in [4.69, 9.17) is 5.73 Å². The maximum atomic E-state index is 11.7. The zero-order chi connectivity index (χ0) is 17.9. The van der Waals surface area contributed by atoms with Crippen LogP contribution in [0.15, 0.2) is 30.7 Å². The van der Waals surface area contributed by atoms with Crippen molar-refractivity contribution in [3.63, 3.8) is 0 Å². The lowest BCUT2D eigenvalue weighted by Crippen LogP contribution is -2.29. The van der Waals surface area contributed by atoms with E-state index in [1.54, 1.807) is 4.68 Å². The fourth-order valence-corrected chi connectivity index (χ4v) is 3.86. The Morgan fingerprint density at radius 1 is 1.31 bits per heavy atom. The predicted octanol–water partition coefficient (Wildman–Crippen LogP) is 2.22. The van der Waals surface area contributed by atoms with Gasteiger partial charge in [0.25, 0.3) is 0 Å². The summed E-state index contributed by atoms with van der Waals surface area (Å²) < 4.78 is 3.88. The van der Waals surface area contributed by atoms with E-state index in [-0.39, 0.29) is 11.8 Å². The maximum absolute atomic E-state index is 11.7. The van der Waals surface area contributed by atoms with Crippen LogP contribution in [0.2, 0.25) is 0 Å². The number of fused-ring (bicyclic) bond motifs is 1. The van der Waals surface area contributed by atoms with Crippen molar-refractivity contribution in [2.75, 3.05) is 0 Å². The number of rotatable bonds is 6. The van der Waals surface area contributed by atoms with Crippen molar-refractivity contribution in [1.29, 1.82) is 0 Å². The SMILES string of the molecule is C[C@@H](c1cn(Cc2cn3cc(C4CC4)ccc3n2)nn1)C1(C(N)=O)CC1. The minimum Gasteiger partial charge on any atom is -0.369 e. The van der Waals surface area contributed by atoms with E-state index >= 15 is 0 Å². The largest absolute Gasteiger partial charge is 0.369 e. The summed E-state index contributed by atoms with van der Waals surface area (Å²) in [4.78, 5) is 16.4. The third kappa shape index (κ3) is 2.50. The van der Waals surface area contributed by atoms with Crippen molar-refractivity contribution in [2.24, 2.45) is 11.1 Å². The lowest BCUT2D eigenvalue weighted by molar-refractivity contribution is -0.123. The van der Waals surface area contributed by atoms with Crippen LogP contribution in [0.5, 0.6) is 0 Å². The molecule has 2 N–H and O–H groups in total. The number of imidazole rings is 1. The average Bonchev–Trinajstić information content (AvgIpc) is 3.53. The molecule has 1 amide bonds. The molecule has 26 heavy (non-hydrogen) atoms. The van der Waals surface area contributed by atoms with Crippen LogP contribution in [-0.2, 0) is 11.3 Å². The van der Waals surface area contributed by atoms with Crippen LogP contribution in [0.1, 0.15) is 61.4 Å². The first-order valence-electron chi connectivity index (χ1n) is 9.23. The minimum absolute atomic E-state index is 0.00378. The molecule has 0 unspecified atom stereocenters. The molecule has 0 aromatic carbocycles. The van der Waals surface area contributed by atoms with Gasteiger partial charge in [0, 0.05) is 24.5 Å². The highest BCUT2D eigenvalue weighted by Crippen LogP contribution is 2.55. The van der Waals surface area contributed by atoms with E-state index in [1.165, 1.54) is 18.4 Å². The monoisotopic (exact) mass is 350 g/mol. The van der Waals surface area contributed by atoms with E-state index in [1.807, 2.05) is 13.1 Å². The quantitative estimate of drug-likeness (QED) is 0.738. The van der Waals surface area contributed by atoms with E-state index in [0.29, 0.717) is 6.54 Å². The third-order valence-electron chi connectivity index (χ3n) is 6.00. The third-order valence-corrected chi connectivity index (χ3v) is 6.00. The highest BCUT2D eigenvalue weighted by Gasteiger charge is 2.53. The van der Waals surface area contributed by atoms with Crippen LogP contribution in [0.3, 0.4) is 0 Å². The molecule has 2 fully saturated rings. The molecule has 3 aromatic rings. The van der Waals surface area contributed by atoms with Crippen molar-refractivity contribution in [3.8, 4) is 0 Å². The van der Waals surface area contributed by atoms with E-state index in [2.05, 4.69) is 44.2 Å². The molecular weight excluding hydrogens is 328 g/mol. The molecule has 1 atom stereocenters. The smallest absolute Gasteiger partial charge is 0.224 e. The molecule has 0 radical (unpaired) electrons. The number of aromatic nitrogens is 5. The number of amides is 1. The topological polar surface area (TPSA) is 91.1 Å². The summed E-state index contributed by atoms with van der Waals surface area (Å²) in [5.74, 6) is 0.492. The average molecular weight is 350 g/mol. The Morgan fingerprint density at radius 2 is 2.12 bits per heavy atom. The summed E-state index contributed by atoms with van der Waals surface area (Å²) >= 11 is 0. The van der Waals surface area contributed by atoms with Gasteiger partial charge < -0.3 is 10.1 Å². The normalized spacial score (nSPS) is 19.6. The minimum atomic E-state index is -0.427. The summed E-state index contributed by atoms with van der Waals surface area (Å²) in [6.07, 6.45) is 10.4. The van der Waals surface area contributed by atoms with E-state index in [9.17, 15) is 4.79 Å². The first-order valence-corrected chi connectivity index (χ1v) is 9.23. The Labute approximate surface area is 151 Å². The molecule has 3 heterocycles. The Morgan fingerprint density at radius 3 is 2.81 bits per heavy atom. The van der Waals surface area contributed by atoms with Gasteiger partial charge in [0.05, 0.1) is 23.3 Å². The zero-order valence-corrected chi connectivity index (χ0v) is 14.8. The molecule has 0 aliphatic heterocycles. The van der Waals surface area contributed by atoms with Crippen molar-refractivity contribution in [3.05, 3.63) is 47.7 Å².